The molecule has 0 aliphatic carbocycles. The van der Waals surface area contributed by atoms with Gasteiger partial charge >= 0.3 is 0 Å². The van der Waals surface area contributed by atoms with Gasteiger partial charge in [-0.3, -0.25) is 0 Å². The molecule has 0 spiro atoms. The van der Waals surface area contributed by atoms with Crippen LogP contribution in [0.5, 0.6) is 0 Å². The van der Waals surface area contributed by atoms with Crippen molar-refractivity contribution in [1.29, 1.82) is 0 Å². The number of carbonyl (C=O) groups is 1. The molecule has 1 aromatic heterocycles. The molecule has 54 valence electrons. The molecule has 1 atom stereocenters. The van der Waals surface area contributed by atoms with Crippen LogP contribution in [-0.4, -0.2) is 11.4 Å². The molecule has 1 rings (SSSR count). The van der Waals surface area contributed by atoms with Crippen molar-refractivity contribution in [2.24, 2.45) is 0 Å². The molecule has 0 aromatic carbocycles. The summed E-state index contributed by atoms with van der Waals surface area (Å²) in [6, 6.07) is 3.30. The summed E-state index contributed by atoms with van der Waals surface area (Å²) in [7, 11) is 0. The van der Waals surface area contributed by atoms with Gasteiger partial charge in [-0.15, -0.1) is 0 Å². The fourth-order valence-corrected chi connectivity index (χ4v) is 0.688. The Bertz CT molecular complexity index is 191. The van der Waals surface area contributed by atoms with Crippen molar-refractivity contribution in [3.05, 3.63) is 24.2 Å². The first-order valence-corrected chi connectivity index (χ1v) is 2.99. The van der Waals surface area contributed by atoms with Gasteiger partial charge in [-0.1, -0.05) is 0 Å². The number of aldehydes is 1. The number of hydrogen-bond acceptors (Lipinski definition) is 3. The fourth-order valence-electron chi connectivity index (χ4n) is 0.688. The second kappa shape index (κ2) is 3.17. The molecule has 0 amide bonds. The molecule has 3 heteroatoms. The first-order valence-electron chi connectivity index (χ1n) is 2.99. The van der Waals surface area contributed by atoms with Crippen LogP contribution in [0.3, 0.4) is 0 Å². The maximum Gasteiger partial charge on any atom is 0.132 e. The van der Waals surface area contributed by atoms with Crippen LogP contribution in [0.1, 0.15) is 18.3 Å². The molecule has 0 saturated carbocycles. The molecular formula is C7H8O3. The van der Waals surface area contributed by atoms with Crippen molar-refractivity contribution in [2.45, 2.75) is 12.5 Å². The smallest absolute Gasteiger partial charge is 0.132 e. The summed E-state index contributed by atoms with van der Waals surface area (Å²) in [4.78, 5) is 9.91. The highest BCUT2D eigenvalue weighted by atomic mass is 16.4. The van der Waals surface area contributed by atoms with Crippen molar-refractivity contribution < 1.29 is 14.3 Å². The van der Waals surface area contributed by atoms with Crippen LogP contribution in [0, 0.1) is 0 Å². The van der Waals surface area contributed by atoms with E-state index in [1.54, 1.807) is 12.1 Å². The number of rotatable bonds is 3. The third kappa shape index (κ3) is 1.45. The van der Waals surface area contributed by atoms with Crippen LogP contribution >= 0.6 is 0 Å². The zero-order chi connectivity index (χ0) is 7.40. The molecule has 1 aromatic rings. The highest BCUT2D eigenvalue weighted by molar-refractivity contribution is 5.50. The van der Waals surface area contributed by atoms with E-state index in [-0.39, 0.29) is 6.42 Å². The van der Waals surface area contributed by atoms with Gasteiger partial charge in [0, 0.05) is 6.42 Å². The van der Waals surface area contributed by atoms with Crippen molar-refractivity contribution >= 4 is 6.29 Å². The summed E-state index contributed by atoms with van der Waals surface area (Å²) < 4.78 is 4.84. The monoisotopic (exact) mass is 140 g/mol. The highest BCUT2D eigenvalue weighted by Crippen LogP contribution is 2.14. The topological polar surface area (TPSA) is 50.4 Å². The average molecular weight is 140 g/mol. The van der Waals surface area contributed by atoms with Crippen LogP contribution in [-0.2, 0) is 4.79 Å². The molecule has 3 nitrogen and oxygen atoms in total. The van der Waals surface area contributed by atoms with Crippen LogP contribution in [0.25, 0.3) is 0 Å². The Balaban J connectivity index is 2.58. The van der Waals surface area contributed by atoms with Gasteiger partial charge in [0.25, 0.3) is 0 Å². The predicted molar refractivity (Wildman–Crippen MR) is 34.3 cm³/mol. The first kappa shape index (κ1) is 7.02. The van der Waals surface area contributed by atoms with E-state index in [4.69, 9.17) is 9.52 Å². The Hall–Kier alpha value is -1.09. The third-order valence-corrected chi connectivity index (χ3v) is 1.19. The molecule has 0 radical (unpaired) electrons. The van der Waals surface area contributed by atoms with Crippen LogP contribution in [0.15, 0.2) is 22.8 Å². The van der Waals surface area contributed by atoms with Gasteiger partial charge < -0.3 is 14.3 Å². The van der Waals surface area contributed by atoms with Crippen molar-refractivity contribution in [1.82, 2.24) is 0 Å². The molecule has 1 heterocycles. The Morgan fingerprint density at radius 1 is 1.80 bits per heavy atom. The lowest BCUT2D eigenvalue weighted by molar-refractivity contribution is -0.109. The number of furan rings is 1. The molecule has 0 aliphatic heterocycles. The lowest BCUT2D eigenvalue weighted by atomic mass is 10.2. The van der Waals surface area contributed by atoms with E-state index >= 15 is 0 Å². The zero-order valence-corrected chi connectivity index (χ0v) is 5.36. The maximum atomic E-state index is 9.91. The number of carbonyl (C=O) groups excluding carboxylic acids is 1. The van der Waals surface area contributed by atoms with Crippen molar-refractivity contribution in [3.63, 3.8) is 0 Å². The number of aliphatic hydroxyl groups excluding tert-OH is 1. The molecule has 1 N–H and O–H groups in total. The second-order valence-corrected chi connectivity index (χ2v) is 1.93. The highest BCUT2D eigenvalue weighted by Gasteiger charge is 2.07. The van der Waals surface area contributed by atoms with Gasteiger partial charge in [-0.2, -0.15) is 0 Å². The minimum Gasteiger partial charge on any atom is -0.467 e. The first-order chi connectivity index (χ1) is 4.84. The van der Waals surface area contributed by atoms with Gasteiger partial charge in [0.05, 0.1) is 6.26 Å². The Kier molecular flexibility index (Phi) is 2.23. The number of aliphatic hydroxyl groups is 1. The minimum absolute atomic E-state index is 0.0908. The van der Waals surface area contributed by atoms with E-state index in [0.717, 1.165) is 0 Å². The molecule has 10 heavy (non-hydrogen) atoms. The van der Waals surface area contributed by atoms with Gasteiger partial charge in [0.2, 0.25) is 0 Å². The van der Waals surface area contributed by atoms with Crippen molar-refractivity contribution in [3.8, 4) is 0 Å². The summed E-state index contributed by atoms with van der Waals surface area (Å²) in [6.45, 7) is 0. The third-order valence-electron chi connectivity index (χ3n) is 1.19. The Morgan fingerprint density at radius 2 is 2.60 bits per heavy atom. The van der Waals surface area contributed by atoms with Gasteiger partial charge in [0.15, 0.2) is 0 Å². The summed E-state index contributed by atoms with van der Waals surface area (Å²) in [6.07, 6.45) is 1.43. The summed E-state index contributed by atoms with van der Waals surface area (Å²) >= 11 is 0. The predicted octanol–water partition coefficient (Wildman–Crippen LogP) is 0.902. The van der Waals surface area contributed by atoms with Gasteiger partial charge in [0.1, 0.15) is 18.2 Å². The van der Waals surface area contributed by atoms with Crippen LogP contribution in [0.4, 0.5) is 0 Å². The second-order valence-electron chi connectivity index (χ2n) is 1.93. The number of hydrogen-bond donors (Lipinski definition) is 1. The molecule has 0 fully saturated rings. The van der Waals surface area contributed by atoms with Gasteiger partial charge in [-0.05, 0) is 12.1 Å². The Morgan fingerprint density at radius 3 is 3.10 bits per heavy atom. The van der Waals surface area contributed by atoms with Crippen LogP contribution < -0.4 is 0 Å². The maximum absolute atomic E-state index is 9.91. The summed E-state index contributed by atoms with van der Waals surface area (Å²) in [5.74, 6) is 0.437. The minimum atomic E-state index is -0.785. The van der Waals surface area contributed by atoms with E-state index in [9.17, 15) is 4.79 Å². The molecule has 1 unspecified atom stereocenters. The van der Waals surface area contributed by atoms with E-state index in [1.807, 2.05) is 0 Å². The fraction of sp³-hybridized carbons (Fsp3) is 0.286. The van der Waals surface area contributed by atoms with E-state index in [0.29, 0.717) is 12.0 Å². The standard InChI is InChI=1S/C7H8O3/c8-4-3-6(9)7-2-1-5-10-7/h1-2,4-6,9H,3H2. The summed E-state index contributed by atoms with van der Waals surface area (Å²) in [5.41, 5.74) is 0. The Labute approximate surface area is 58.3 Å². The quantitative estimate of drug-likeness (QED) is 0.634. The molecule has 0 saturated heterocycles. The van der Waals surface area contributed by atoms with Crippen LogP contribution in [0.2, 0.25) is 0 Å². The lowest BCUT2D eigenvalue weighted by Crippen LogP contribution is -1.94. The largest absolute Gasteiger partial charge is 0.467 e. The van der Waals surface area contributed by atoms with E-state index in [2.05, 4.69) is 0 Å². The molecule has 0 aliphatic rings. The van der Waals surface area contributed by atoms with E-state index < -0.39 is 6.10 Å². The molecule has 0 bridgehead atoms. The normalized spacial score (nSPS) is 12.9. The van der Waals surface area contributed by atoms with E-state index in [1.165, 1.54) is 6.26 Å². The summed E-state index contributed by atoms with van der Waals surface area (Å²) in [5, 5.41) is 9.08. The zero-order valence-electron chi connectivity index (χ0n) is 5.36. The SMILES string of the molecule is O=CCC(O)c1ccco1. The van der Waals surface area contributed by atoms with Gasteiger partial charge in [-0.25, -0.2) is 0 Å². The molecular weight excluding hydrogens is 132 g/mol. The average Bonchev–Trinajstić information content (AvgIpc) is 2.38. The lowest BCUT2D eigenvalue weighted by Gasteiger charge is -1.99. The van der Waals surface area contributed by atoms with Crippen molar-refractivity contribution in [2.75, 3.05) is 0 Å².